The molecule has 2 aliphatic heterocycles. The molecule has 0 aliphatic carbocycles. The molecule has 66 valence electrons. The molecular weight excluding hydrogens is 150 g/mol. The van der Waals surface area contributed by atoms with Gasteiger partial charge in [0, 0.05) is 31.4 Å². The first kappa shape index (κ1) is 7.68. The third-order valence-corrected chi connectivity index (χ3v) is 2.39. The summed E-state index contributed by atoms with van der Waals surface area (Å²) in [5.74, 6) is 0. The first-order chi connectivity index (χ1) is 5.86. The van der Waals surface area contributed by atoms with Gasteiger partial charge in [0.1, 0.15) is 0 Å². The third-order valence-electron chi connectivity index (χ3n) is 2.39. The zero-order chi connectivity index (χ0) is 8.39. The van der Waals surface area contributed by atoms with E-state index in [1.165, 1.54) is 5.70 Å². The second-order valence-corrected chi connectivity index (χ2v) is 3.37. The van der Waals surface area contributed by atoms with Crippen molar-refractivity contribution in [2.75, 3.05) is 19.6 Å². The van der Waals surface area contributed by atoms with E-state index in [-0.39, 0.29) is 0 Å². The summed E-state index contributed by atoms with van der Waals surface area (Å²) in [5.41, 5.74) is 7.14. The molecule has 2 aliphatic rings. The summed E-state index contributed by atoms with van der Waals surface area (Å²) < 4.78 is 0. The van der Waals surface area contributed by atoms with Crippen LogP contribution in [-0.4, -0.2) is 30.6 Å². The minimum Gasteiger partial charge on any atom is -0.387 e. The predicted octanol–water partition coefficient (Wildman–Crippen LogP) is 0.0202. The fourth-order valence-corrected chi connectivity index (χ4v) is 1.70. The van der Waals surface area contributed by atoms with Gasteiger partial charge in [0.25, 0.3) is 0 Å². The highest BCUT2D eigenvalue weighted by molar-refractivity contribution is 5.22. The molecule has 0 radical (unpaired) electrons. The van der Waals surface area contributed by atoms with E-state index in [4.69, 9.17) is 5.73 Å². The monoisotopic (exact) mass is 165 g/mol. The number of rotatable bonds is 1. The van der Waals surface area contributed by atoms with E-state index in [2.05, 4.69) is 22.4 Å². The van der Waals surface area contributed by atoms with E-state index in [0.29, 0.717) is 6.04 Å². The quantitative estimate of drug-likeness (QED) is 0.575. The average Bonchev–Trinajstić information content (AvgIpc) is 2.54. The number of allylic oxidation sites excluding steroid dienone is 1. The molecule has 3 heteroatoms. The molecule has 0 aromatic carbocycles. The van der Waals surface area contributed by atoms with Crippen molar-refractivity contribution in [2.24, 2.45) is 5.73 Å². The Hall–Kier alpha value is -0.960. The SMILES string of the molecule is N[C@H]1CCN(C2=CCNC=C2)C1. The van der Waals surface area contributed by atoms with Gasteiger partial charge in [0.15, 0.2) is 0 Å². The van der Waals surface area contributed by atoms with Gasteiger partial charge in [0.2, 0.25) is 0 Å². The summed E-state index contributed by atoms with van der Waals surface area (Å²) >= 11 is 0. The van der Waals surface area contributed by atoms with Crippen molar-refractivity contribution in [2.45, 2.75) is 12.5 Å². The molecule has 12 heavy (non-hydrogen) atoms. The second-order valence-electron chi connectivity index (χ2n) is 3.37. The van der Waals surface area contributed by atoms with Gasteiger partial charge >= 0.3 is 0 Å². The minimum absolute atomic E-state index is 0.370. The largest absolute Gasteiger partial charge is 0.387 e. The van der Waals surface area contributed by atoms with Gasteiger partial charge in [-0.2, -0.15) is 0 Å². The minimum atomic E-state index is 0.370. The summed E-state index contributed by atoms with van der Waals surface area (Å²) in [4.78, 5) is 2.35. The summed E-state index contributed by atoms with van der Waals surface area (Å²) in [6.07, 6.45) is 7.44. The zero-order valence-electron chi connectivity index (χ0n) is 7.16. The Labute approximate surface area is 72.9 Å². The molecule has 3 nitrogen and oxygen atoms in total. The highest BCUT2D eigenvalue weighted by atomic mass is 15.2. The number of nitrogens with two attached hydrogens (primary N) is 1. The van der Waals surface area contributed by atoms with Gasteiger partial charge in [-0.15, -0.1) is 0 Å². The molecule has 1 atom stereocenters. The van der Waals surface area contributed by atoms with Crippen LogP contribution in [0.1, 0.15) is 6.42 Å². The third kappa shape index (κ3) is 1.46. The Morgan fingerprint density at radius 1 is 1.58 bits per heavy atom. The molecule has 0 bridgehead atoms. The molecule has 2 heterocycles. The van der Waals surface area contributed by atoms with Crippen LogP contribution < -0.4 is 11.1 Å². The number of dihydropyridines is 1. The molecular formula is C9H15N3. The van der Waals surface area contributed by atoms with Gasteiger partial charge in [-0.05, 0) is 24.8 Å². The Morgan fingerprint density at radius 3 is 3.08 bits per heavy atom. The average molecular weight is 165 g/mol. The molecule has 0 amide bonds. The molecule has 0 aromatic rings. The Bertz CT molecular complexity index is 220. The number of likely N-dealkylation sites (tertiary alicyclic amines) is 1. The molecule has 0 unspecified atom stereocenters. The summed E-state index contributed by atoms with van der Waals surface area (Å²) in [6, 6.07) is 0.370. The van der Waals surface area contributed by atoms with E-state index in [1.807, 2.05) is 6.20 Å². The molecule has 1 saturated heterocycles. The lowest BCUT2D eigenvalue weighted by Gasteiger charge is -2.21. The maximum atomic E-state index is 5.82. The van der Waals surface area contributed by atoms with Gasteiger partial charge < -0.3 is 16.0 Å². The lowest BCUT2D eigenvalue weighted by molar-refractivity contribution is 0.429. The predicted molar refractivity (Wildman–Crippen MR) is 49.4 cm³/mol. The lowest BCUT2D eigenvalue weighted by Crippen LogP contribution is -2.27. The van der Waals surface area contributed by atoms with Crippen LogP contribution in [-0.2, 0) is 0 Å². The Balaban J connectivity index is 2.00. The van der Waals surface area contributed by atoms with Crippen LogP contribution in [0.5, 0.6) is 0 Å². The highest BCUT2D eigenvalue weighted by Crippen LogP contribution is 2.15. The van der Waals surface area contributed by atoms with Crippen molar-refractivity contribution in [1.82, 2.24) is 10.2 Å². The normalized spacial score (nSPS) is 28.6. The lowest BCUT2D eigenvalue weighted by atomic mass is 10.3. The number of hydrogen-bond acceptors (Lipinski definition) is 3. The van der Waals surface area contributed by atoms with Gasteiger partial charge in [-0.3, -0.25) is 0 Å². The smallest absolute Gasteiger partial charge is 0.0358 e. The molecule has 1 fully saturated rings. The van der Waals surface area contributed by atoms with Crippen molar-refractivity contribution in [3.63, 3.8) is 0 Å². The summed E-state index contributed by atoms with van der Waals surface area (Å²) in [7, 11) is 0. The van der Waals surface area contributed by atoms with Gasteiger partial charge in [-0.25, -0.2) is 0 Å². The molecule has 0 saturated carbocycles. The van der Waals surface area contributed by atoms with Crippen LogP contribution in [0.15, 0.2) is 24.0 Å². The first-order valence-corrected chi connectivity index (χ1v) is 4.47. The standard InChI is InChI=1S/C9H15N3/c10-8-3-6-12(7-8)9-1-4-11-5-2-9/h1-2,4,8,11H,3,5-7,10H2/t8-/m0/s1. The van der Waals surface area contributed by atoms with E-state index in [9.17, 15) is 0 Å². The summed E-state index contributed by atoms with van der Waals surface area (Å²) in [5, 5.41) is 3.13. The van der Waals surface area contributed by atoms with E-state index in [1.54, 1.807) is 0 Å². The maximum Gasteiger partial charge on any atom is 0.0358 e. The molecule has 3 N–H and O–H groups in total. The number of hydrogen-bond donors (Lipinski definition) is 2. The van der Waals surface area contributed by atoms with Crippen molar-refractivity contribution in [3.8, 4) is 0 Å². The number of nitrogens with zero attached hydrogens (tertiary/aromatic N) is 1. The Morgan fingerprint density at radius 2 is 2.50 bits per heavy atom. The number of nitrogens with one attached hydrogen (secondary N) is 1. The Kier molecular flexibility index (Phi) is 2.04. The van der Waals surface area contributed by atoms with Crippen molar-refractivity contribution < 1.29 is 0 Å². The van der Waals surface area contributed by atoms with Crippen LogP contribution in [0.2, 0.25) is 0 Å². The second kappa shape index (κ2) is 3.19. The van der Waals surface area contributed by atoms with Gasteiger partial charge in [-0.1, -0.05) is 0 Å². The van der Waals surface area contributed by atoms with Crippen molar-refractivity contribution in [3.05, 3.63) is 24.0 Å². The van der Waals surface area contributed by atoms with Crippen LogP contribution in [0.25, 0.3) is 0 Å². The van der Waals surface area contributed by atoms with Crippen molar-refractivity contribution >= 4 is 0 Å². The van der Waals surface area contributed by atoms with E-state index in [0.717, 1.165) is 26.1 Å². The molecule has 0 spiro atoms. The van der Waals surface area contributed by atoms with Crippen molar-refractivity contribution in [1.29, 1.82) is 0 Å². The van der Waals surface area contributed by atoms with Crippen LogP contribution in [0.4, 0.5) is 0 Å². The molecule has 2 rings (SSSR count). The van der Waals surface area contributed by atoms with E-state index < -0.39 is 0 Å². The maximum absolute atomic E-state index is 5.82. The first-order valence-electron chi connectivity index (χ1n) is 4.47. The fourth-order valence-electron chi connectivity index (χ4n) is 1.70. The fraction of sp³-hybridized carbons (Fsp3) is 0.556. The highest BCUT2D eigenvalue weighted by Gasteiger charge is 2.19. The summed E-state index contributed by atoms with van der Waals surface area (Å²) in [6.45, 7) is 3.06. The van der Waals surface area contributed by atoms with Gasteiger partial charge in [0.05, 0.1) is 0 Å². The zero-order valence-corrected chi connectivity index (χ0v) is 7.16. The van der Waals surface area contributed by atoms with Crippen LogP contribution in [0.3, 0.4) is 0 Å². The topological polar surface area (TPSA) is 41.3 Å². The van der Waals surface area contributed by atoms with Crippen LogP contribution >= 0.6 is 0 Å². The van der Waals surface area contributed by atoms with Crippen LogP contribution in [0, 0.1) is 0 Å². The van der Waals surface area contributed by atoms with E-state index >= 15 is 0 Å². The molecule has 0 aromatic heterocycles.